The summed E-state index contributed by atoms with van der Waals surface area (Å²) in [6, 6.07) is 15.7. The third kappa shape index (κ3) is 3.13. The second-order valence-corrected chi connectivity index (χ2v) is 7.60. The van der Waals surface area contributed by atoms with Crippen LogP contribution in [0, 0.1) is 0 Å². The summed E-state index contributed by atoms with van der Waals surface area (Å²) >= 11 is 5.97. The minimum absolute atomic E-state index is 0.0401. The Hall–Kier alpha value is -2.89. The number of rotatable bonds is 3. The van der Waals surface area contributed by atoms with E-state index in [-0.39, 0.29) is 5.56 Å². The van der Waals surface area contributed by atoms with E-state index in [1.54, 1.807) is 12.1 Å². The molecule has 0 unspecified atom stereocenters. The molecule has 6 heteroatoms. The Morgan fingerprint density at radius 1 is 1.11 bits per heavy atom. The molecule has 2 aromatic carbocycles. The summed E-state index contributed by atoms with van der Waals surface area (Å²) in [5.41, 5.74) is 4.89. The predicted molar refractivity (Wildman–Crippen MR) is 111 cm³/mol. The number of halogens is 1. The second-order valence-electron chi connectivity index (χ2n) is 7.17. The number of fused-ring (bicyclic) bond motifs is 2. The molecule has 0 bridgehead atoms. The summed E-state index contributed by atoms with van der Waals surface area (Å²) in [5, 5.41) is 1.91. The number of para-hydroxylation sites is 1. The molecule has 0 atom stereocenters. The Balaban J connectivity index is 1.44. The average Bonchev–Trinajstić information content (AvgIpc) is 3.11. The minimum Gasteiger partial charge on any atom is -0.361 e. The van der Waals surface area contributed by atoms with Crippen LogP contribution in [0.15, 0.2) is 59.5 Å². The van der Waals surface area contributed by atoms with Gasteiger partial charge in [-0.15, -0.1) is 0 Å². The van der Waals surface area contributed by atoms with Crippen molar-refractivity contribution in [1.82, 2.24) is 19.9 Å². The number of nitrogens with one attached hydrogen (secondary N) is 2. The highest BCUT2D eigenvalue weighted by Crippen LogP contribution is 2.24. The SMILES string of the molecule is O=c1[nH]c(-c2ccc(Cl)cc2)nc2c1CCN(Cc1c[nH]c3ccccc13)C2. The molecule has 2 aromatic heterocycles. The first-order chi connectivity index (χ1) is 13.7. The molecular weight excluding hydrogens is 372 g/mol. The first-order valence-electron chi connectivity index (χ1n) is 9.33. The Labute approximate surface area is 167 Å². The maximum atomic E-state index is 12.6. The molecule has 0 saturated heterocycles. The Bertz CT molecular complexity index is 1210. The van der Waals surface area contributed by atoms with Gasteiger partial charge in [0.15, 0.2) is 0 Å². The van der Waals surface area contributed by atoms with Gasteiger partial charge in [0.1, 0.15) is 5.82 Å². The van der Waals surface area contributed by atoms with E-state index in [0.717, 1.165) is 35.4 Å². The van der Waals surface area contributed by atoms with Gasteiger partial charge in [-0.25, -0.2) is 4.98 Å². The first-order valence-corrected chi connectivity index (χ1v) is 9.70. The largest absolute Gasteiger partial charge is 0.361 e. The number of hydrogen-bond donors (Lipinski definition) is 2. The minimum atomic E-state index is -0.0401. The predicted octanol–water partition coefficient (Wildman–Crippen LogP) is 4.13. The van der Waals surface area contributed by atoms with Gasteiger partial charge >= 0.3 is 0 Å². The van der Waals surface area contributed by atoms with Crippen molar-refractivity contribution in [2.45, 2.75) is 19.5 Å². The molecule has 5 rings (SSSR count). The van der Waals surface area contributed by atoms with E-state index < -0.39 is 0 Å². The van der Waals surface area contributed by atoms with Crippen LogP contribution in [0.1, 0.15) is 16.8 Å². The average molecular weight is 391 g/mol. The summed E-state index contributed by atoms with van der Waals surface area (Å²) in [6.07, 6.45) is 2.78. The number of aromatic amines is 2. The van der Waals surface area contributed by atoms with Crippen molar-refractivity contribution < 1.29 is 0 Å². The maximum absolute atomic E-state index is 12.6. The van der Waals surface area contributed by atoms with Crippen LogP contribution in [-0.4, -0.2) is 26.4 Å². The highest BCUT2D eigenvalue weighted by Gasteiger charge is 2.22. The molecule has 28 heavy (non-hydrogen) atoms. The number of hydrogen-bond acceptors (Lipinski definition) is 3. The molecular formula is C22H19ClN4O. The number of benzene rings is 2. The summed E-state index contributed by atoms with van der Waals surface area (Å²) in [4.78, 5) is 25.9. The molecule has 0 amide bonds. The fourth-order valence-electron chi connectivity index (χ4n) is 3.88. The van der Waals surface area contributed by atoms with Crippen LogP contribution in [-0.2, 0) is 19.5 Å². The molecule has 0 spiro atoms. The molecule has 0 saturated carbocycles. The maximum Gasteiger partial charge on any atom is 0.254 e. The van der Waals surface area contributed by atoms with Crippen LogP contribution >= 0.6 is 11.6 Å². The van der Waals surface area contributed by atoms with Gasteiger partial charge in [0.05, 0.1) is 5.69 Å². The lowest BCUT2D eigenvalue weighted by atomic mass is 10.0. The smallest absolute Gasteiger partial charge is 0.254 e. The quantitative estimate of drug-likeness (QED) is 0.552. The second kappa shape index (κ2) is 6.93. The zero-order valence-electron chi connectivity index (χ0n) is 15.2. The topological polar surface area (TPSA) is 64.8 Å². The lowest BCUT2D eigenvalue weighted by Gasteiger charge is -2.27. The van der Waals surface area contributed by atoms with Crippen molar-refractivity contribution >= 4 is 22.5 Å². The molecule has 0 fully saturated rings. The van der Waals surface area contributed by atoms with Gasteiger partial charge in [0.25, 0.3) is 5.56 Å². The Morgan fingerprint density at radius 2 is 1.93 bits per heavy atom. The molecule has 0 aliphatic carbocycles. The van der Waals surface area contributed by atoms with Crippen LogP contribution in [0.5, 0.6) is 0 Å². The number of aromatic nitrogens is 3. The normalized spacial score (nSPS) is 14.3. The zero-order valence-corrected chi connectivity index (χ0v) is 16.0. The summed E-state index contributed by atoms with van der Waals surface area (Å²) in [5.74, 6) is 0.592. The van der Waals surface area contributed by atoms with Gasteiger partial charge in [0, 0.05) is 52.9 Å². The third-order valence-corrected chi connectivity index (χ3v) is 5.59. The number of H-pyrrole nitrogens is 2. The van der Waals surface area contributed by atoms with Gasteiger partial charge in [-0.2, -0.15) is 0 Å². The van der Waals surface area contributed by atoms with Crippen LogP contribution in [0.2, 0.25) is 5.02 Å². The lowest BCUT2D eigenvalue weighted by Crippen LogP contribution is -2.35. The van der Waals surface area contributed by atoms with E-state index in [0.29, 0.717) is 23.8 Å². The zero-order chi connectivity index (χ0) is 19.1. The van der Waals surface area contributed by atoms with Crippen molar-refractivity contribution in [2.75, 3.05) is 6.54 Å². The highest BCUT2D eigenvalue weighted by atomic mass is 35.5. The van der Waals surface area contributed by atoms with Gasteiger partial charge in [-0.3, -0.25) is 9.69 Å². The summed E-state index contributed by atoms with van der Waals surface area (Å²) in [7, 11) is 0. The van der Waals surface area contributed by atoms with Crippen LogP contribution in [0.3, 0.4) is 0 Å². The molecule has 3 heterocycles. The molecule has 2 N–H and O–H groups in total. The highest BCUT2D eigenvalue weighted by molar-refractivity contribution is 6.30. The molecule has 4 aromatic rings. The van der Waals surface area contributed by atoms with E-state index in [1.807, 2.05) is 18.2 Å². The lowest BCUT2D eigenvalue weighted by molar-refractivity contribution is 0.241. The van der Waals surface area contributed by atoms with Crippen molar-refractivity contribution in [1.29, 1.82) is 0 Å². The molecule has 140 valence electrons. The third-order valence-electron chi connectivity index (χ3n) is 5.34. The van der Waals surface area contributed by atoms with E-state index in [1.165, 1.54) is 10.9 Å². The van der Waals surface area contributed by atoms with Crippen molar-refractivity contribution in [3.63, 3.8) is 0 Å². The molecule has 0 radical (unpaired) electrons. The first kappa shape index (κ1) is 17.2. The van der Waals surface area contributed by atoms with Crippen molar-refractivity contribution in [2.24, 2.45) is 0 Å². The van der Waals surface area contributed by atoms with E-state index in [4.69, 9.17) is 16.6 Å². The van der Waals surface area contributed by atoms with Crippen LogP contribution < -0.4 is 5.56 Å². The van der Waals surface area contributed by atoms with Gasteiger partial charge in [-0.05, 0) is 42.3 Å². The van der Waals surface area contributed by atoms with Crippen molar-refractivity contribution in [3.05, 3.63) is 86.9 Å². The van der Waals surface area contributed by atoms with Gasteiger partial charge in [0.2, 0.25) is 0 Å². The fraction of sp³-hybridized carbons (Fsp3) is 0.182. The number of nitrogens with zero attached hydrogens (tertiary/aromatic N) is 2. The van der Waals surface area contributed by atoms with Gasteiger partial charge < -0.3 is 9.97 Å². The Kier molecular flexibility index (Phi) is 4.26. The van der Waals surface area contributed by atoms with Crippen LogP contribution in [0.4, 0.5) is 0 Å². The summed E-state index contributed by atoms with van der Waals surface area (Å²) < 4.78 is 0. The van der Waals surface area contributed by atoms with E-state index >= 15 is 0 Å². The van der Waals surface area contributed by atoms with Crippen LogP contribution in [0.25, 0.3) is 22.3 Å². The van der Waals surface area contributed by atoms with E-state index in [2.05, 4.69) is 39.3 Å². The molecule has 5 nitrogen and oxygen atoms in total. The van der Waals surface area contributed by atoms with Crippen molar-refractivity contribution in [3.8, 4) is 11.4 Å². The monoisotopic (exact) mass is 390 g/mol. The fourth-order valence-corrected chi connectivity index (χ4v) is 4.00. The Morgan fingerprint density at radius 3 is 2.79 bits per heavy atom. The molecule has 1 aliphatic rings. The van der Waals surface area contributed by atoms with Gasteiger partial charge in [-0.1, -0.05) is 29.8 Å². The van der Waals surface area contributed by atoms with E-state index in [9.17, 15) is 4.79 Å². The summed E-state index contributed by atoms with van der Waals surface area (Å²) in [6.45, 7) is 2.34. The molecule has 1 aliphatic heterocycles. The standard InChI is InChI=1S/C22H19ClN4O/c23-16-7-5-14(6-8-16)21-25-20-13-27(10-9-18(20)22(28)26-21)12-15-11-24-19-4-2-1-3-17(15)19/h1-8,11,24H,9-10,12-13H2,(H,25,26,28).